The van der Waals surface area contributed by atoms with E-state index in [4.69, 9.17) is 0 Å². The first-order valence-electron chi connectivity index (χ1n) is 5.52. The third-order valence-corrected chi connectivity index (χ3v) is 2.50. The van der Waals surface area contributed by atoms with E-state index in [9.17, 15) is 4.79 Å². The Morgan fingerprint density at radius 1 is 1.31 bits per heavy atom. The minimum atomic E-state index is 0.0653. The first-order chi connectivity index (χ1) is 7.60. The molecule has 88 valence electrons. The van der Waals surface area contributed by atoms with Crippen LogP contribution in [0.1, 0.15) is 24.2 Å². The lowest BCUT2D eigenvalue weighted by Gasteiger charge is -2.19. The Labute approximate surface area is 96.9 Å². The number of hydrogen-bond donors (Lipinski definition) is 0. The standard InChI is InChI=1S/C12H19N3O/c1-5-15(6-2)12(16)10-7-8-13-11(9-10)14(3)4/h7-9H,5-6H2,1-4H3. The van der Waals surface area contributed by atoms with Gasteiger partial charge in [-0.15, -0.1) is 0 Å². The summed E-state index contributed by atoms with van der Waals surface area (Å²) < 4.78 is 0. The lowest BCUT2D eigenvalue weighted by Crippen LogP contribution is -2.30. The Morgan fingerprint density at radius 2 is 1.94 bits per heavy atom. The smallest absolute Gasteiger partial charge is 0.254 e. The van der Waals surface area contributed by atoms with E-state index >= 15 is 0 Å². The summed E-state index contributed by atoms with van der Waals surface area (Å²) in [6.07, 6.45) is 1.67. The van der Waals surface area contributed by atoms with Gasteiger partial charge in [-0.05, 0) is 26.0 Å². The fraction of sp³-hybridized carbons (Fsp3) is 0.500. The number of nitrogens with zero attached hydrogens (tertiary/aromatic N) is 3. The molecule has 0 aliphatic heterocycles. The molecule has 1 aromatic heterocycles. The molecule has 0 saturated heterocycles. The molecule has 0 N–H and O–H groups in total. The van der Waals surface area contributed by atoms with Crippen LogP contribution in [0.5, 0.6) is 0 Å². The molecule has 4 nitrogen and oxygen atoms in total. The highest BCUT2D eigenvalue weighted by molar-refractivity contribution is 5.94. The average molecular weight is 221 g/mol. The molecular formula is C12H19N3O. The number of amides is 1. The highest BCUT2D eigenvalue weighted by Gasteiger charge is 2.13. The number of carbonyl (C=O) groups is 1. The number of hydrogen-bond acceptors (Lipinski definition) is 3. The number of rotatable bonds is 4. The van der Waals surface area contributed by atoms with Gasteiger partial charge in [0.1, 0.15) is 5.82 Å². The van der Waals surface area contributed by atoms with Crippen LogP contribution in [0.2, 0.25) is 0 Å². The second kappa shape index (κ2) is 5.49. The van der Waals surface area contributed by atoms with Crippen molar-refractivity contribution < 1.29 is 4.79 Å². The Bertz CT molecular complexity index is 359. The maximum atomic E-state index is 12.1. The molecule has 1 rings (SSSR count). The van der Waals surface area contributed by atoms with Crippen molar-refractivity contribution in [1.82, 2.24) is 9.88 Å². The van der Waals surface area contributed by atoms with Crippen LogP contribution in [0, 0.1) is 0 Å². The minimum absolute atomic E-state index is 0.0653. The highest BCUT2D eigenvalue weighted by atomic mass is 16.2. The second-order valence-electron chi connectivity index (χ2n) is 3.77. The van der Waals surface area contributed by atoms with Crippen LogP contribution in [0.4, 0.5) is 5.82 Å². The minimum Gasteiger partial charge on any atom is -0.363 e. The summed E-state index contributed by atoms with van der Waals surface area (Å²) in [4.78, 5) is 19.9. The van der Waals surface area contributed by atoms with Crippen molar-refractivity contribution in [3.8, 4) is 0 Å². The van der Waals surface area contributed by atoms with E-state index in [2.05, 4.69) is 4.98 Å². The molecule has 4 heteroatoms. The third kappa shape index (κ3) is 2.72. The maximum absolute atomic E-state index is 12.1. The number of aromatic nitrogens is 1. The van der Waals surface area contributed by atoms with Crippen molar-refractivity contribution in [2.45, 2.75) is 13.8 Å². The summed E-state index contributed by atoms with van der Waals surface area (Å²) >= 11 is 0. The molecule has 0 bridgehead atoms. The summed E-state index contributed by atoms with van der Waals surface area (Å²) in [5.41, 5.74) is 0.697. The van der Waals surface area contributed by atoms with E-state index in [0.717, 1.165) is 18.9 Å². The van der Waals surface area contributed by atoms with E-state index in [1.807, 2.05) is 38.9 Å². The monoisotopic (exact) mass is 221 g/mol. The van der Waals surface area contributed by atoms with Crippen molar-refractivity contribution in [2.24, 2.45) is 0 Å². The van der Waals surface area contributed by atoms with Gasteiger partial charge in [-0.2, -0.15) is 0 Å². The molecule has 1 heterocycles. The Kier molecular flexibility index (Phi) is 4.28. The fourth-order valence-electron chi connectivity index (χ4n) is 1.49. The maximum Gasteiger partial charge on any atom is 0.254 e. The first kappa shape index (κ1) is 12.5. The highest BCUT2D eigenvalue weighted by Crippen LogP contribution is 2.11. The van der Waals surface area contributed by atoms with Gasteiger partial charge in [0.2, 0.25) is 0 Å². The third-order valence-electron chi connectivity index (χ3n) is 2.50. The number of pyridine rings is 1. The molecule has 0 atom stereocenters. The average Bonchev–Trinajstić information content (AvgIpc) is 2.30. The number of anilines is 1. The molecule has 0 radical (unpaired) electrons. The van der Waals surface area contributed by atoms with Crippen LogP contribution < -0.4 is 4.90 Å². The van der Waals surface area contributed by atoms with Crippen molar-refractivity contribution in [3.63, 3.8) is 0 Å². The molecule has 1 aromatic rings. The van der Waals surface area contributed by atoms with Crippen LogP contribution in [0.15, 0.2) is 18.3 Å². The Hall–Kier alpha value is -1.58. The van der Waals surface area contributed by atoms with Gasteiger partial charge in [-0.1, -0.05) is 0 Å². The van der Waals surface area contributed by atoms with Crippen molar-refractivity contribution in [1.29, 1.82) is 0 Å². The number of carbonyl (C=O) groups excluding carboxylic acids is 1. The van der Waals surface area contributed by atoms with Gasteiger partial charge in [0.15, 0.2) is 0 Å². The van der Waals surface area contributed by atoms with E-state index in [1.165, 1.54) is 0 Å². The van der Waals surface area contributed by atoms with Crippen molar-refractivity contribution in [2.75, 3.05) is 32.1 Å². The van der Waals surface area contributed by atoms with Gasteiger partial charge in [0.25, 0.3) is 5.91 Å². The molecule has 0 aliphatic rings. The lowest BCUT2D eigenvalue weighted by atomic mass is 10.2. The van der Waals surface area contributed by atoms with Crippen LogP contribution in [-0.4, -0.2) is 43.0 Å². The zero-order valence-corrected chi connectivity index (χ0v) is 10.4. The predicted octanol–water partition coefficient (Wildman–Crippen LogP) is 1.63. The molecule has 0 spiro atoms. The van der Waals surface area contributed by atoms with Crippen LogP contribution in [0.25, 0.3) is 0 Å². The summed E-state index contributed by atoms with van der Waals surface area (Å²) in [7, 11) is 3.82. The molecule has 0 saturated carbocycles. The molecular weight excluding hydrogens is 202 g/mol. The zero-order chi connectivity index (χ0) is 12.1. The van der Waals surface area contributed by atoms with Gasteiger partial charge in [0, 0.05) is 38.9 Å². The van der Waals surface area contributed by atoms with Crippen LogP contribution >= 0.6 is 0 Å². The molecule has 0 unspecified atom stereocenters. The van der Waals surface area contributed by atoms with Crippen LogP contribution in [0.3, 0.4) is 0 Å². The van der Waals surface area contributed by atoms with Gasteiger partial charge >= 0.3 is 0 Å². The van der Waals surface area contributed by atoms with E-state index < -0.39 is 0 Å². The second-order valence-corrected chi connectivity index (χ2v) is 3.77. The summed E-state index contributed by atoms with van der Waals surface area (Å²) in [6.45, 7) is 5.43. The van der Waals surface area contributed by atoms with Gasteiger partial charge in [-0.3, -0.25) is 4.79 Å². The van der Waals surface area contributed by atoms with Crippen LogP contribution in [-0.2, 0) is 0 Å². The van der Waals surface area contributed by atoms with Crippen molar-refractivity contribution in [3.05, 3.63) is 23.9 Å². The zero-order valence-electron chi connectivity index (χ0n) is 10.4. The summed E-state index contributed by atoms with van der Waals surface area (Å²) in [6, 6.07) is 3.58. The largest absolute Gasteiger partial charge is 0.363 e. The van der Waals surface area contributed by atoms with E-state index in [1.54, 1.807) is 17.2 Å². The van der Waals surface area contributed by atoms with Gasteiger partial charge in [-0.25, -0.2) is 4.98 Å². The van der Waals surface area contributed by atoms with Crippen molar-refractivity contribution >= 4 is 11.7 Å². The van der Waals surface area contributed by atoms with Gasteiger partial charge < -0.3 is 9.80 Å². The quantitative estimate of drug-likeness (QED) is 0.775. The SMILES string of the molecule is CCN(CC)C(=O)c1ccnc(N(C)C)c1. The topological polar surface area (TPSA) is 36.4 Å². The Balaban J connectivity index is 2.95. The Morgan fingerprint density at radius 3 is 2.44 bits per heavy atom. The summed E-state index contributed by atoms with van der Waals surface area (Å²) in [5.74, 6) is 0.869. The molecule has 16 heavy (non-hydrogen) atoms. The lowest BCUT2D eigenvalue weighted by molar-refractivity contribution is 0.0773. The molecule has 0 fully saturated rings. The molecule has 0 aliphatic carbocycles. The van der Waals surface area contributed by atoms with E-state index in [-0.39, 0.29) is 5.91 Å². The van der Waals surface area contributed by atoms with Gasteiger partial charge in [0.05, 0.1) is 0 Å². The predicted molar refractivity (Wildman–Crippen MR) is 65.8 cm³/mol. The normalized spacial score (nSPS) is 10.0. The van der Waals surface area contributed by atoms with E-state index in [0.29, 0.717) is 5.56 Å². The molecule has 1 amide bonds. The summed E-state index contributed by atoms with van der Waals surface area (Å²) in [5, 5.41) is 0. The first-order valence-corrected chi connectivity index (χ1v) is 5.52. The fourth-order valence-corrected chi connectivity index (χ4v) is 1.49. The molecule has 0 aromatic carbocycles.